The highest BCUT2D eigenvalue weighted by molar-refractivity contribution is 6.30. The summed E-state index contributed by atoms with van der Waals surface area (Å²) >= 11 is 5.94. The standard InChI is InChI=1S/C11H14ClN.C2H6/c12-10-5-4-6-11(9-10)13-7-2-1-3-8-13;1-2/h4-6,9H,1-3,7-8H2;1-2H3. The number of rotatable bonds is 1. The van der Waals surface area contributed by atoms with Crippen molar-refractivity contribution in [2.75, 3.05) is 18.0 Å². The molecule has 1 saturated heterocycles. The third kappa shape index (κ3) is 3.75. The first-order chi connectivity index (χ1) is 7.36. The monoisotopic (exact) mass is 225 g/mol. The third-order valence-electron chi connectivity index (χ3n) is 2.53. The largest absolute Gasteiger partial charge is 0.371 e. The first-order valence-electron chi connectivity index (χ1n) is 5.87. The van der Waals surface area contributed by atoms with E-state index in [1.165, 1.54) is 38.0 Å². The fraction of sp³-hybridized carbons (Fsp3) is 0.538. The molecule has 0 amide bonds. The molecule has 2 heteroatoms. The Bertz CT molecular complexity index is 280. The van der Waals surface area contributed by atoms with Crippen molar-refractivity contribution in [3.8, 4) is 0 Å². The van der Waals surface area contributed by atoms with Crippen LogP contribution in [0.15, 0.2) is 24.3 Å². The number of hydrogen-bond acceptors (Lipinski definition) is 1. The maximum atomic E-state index is 5.94. The molecule has 1 heterocycles. The number of benzene rings is 1. The molecule has 0 unspecified atom stereocenters. The molecule has 1 aliphatic heterocycles. The Labute approximate surface area is 98.0 Å². The van der Waals surface area contributed by atoms with Gasteiger partial charge in [0.25, 0.3) is 0 Å². The second kappa shape index (κ2) is 6.73. The molecule has 15 heavy (non-hydrogen) atoms. The van der Waals surface area contributed by atoms with Gasteiger partial charge >= 0.3 is 0 Å². The van der Waals surface area contributed by atoms with E-state index in [2.05, 4.69) is 11.0 Å². The normalized spacial score (nSPS) is 15.5. The summed E-state index contributed by atoms with van der Waals surface area (Å²) in [6.07, 6.45) is 4.00. The highest BCUT2D eigenvalue weighted by atomic mass is 35.5. The maximum absolute atomic E-state index is 5.94. The first-order valence-corrected chi connectivity index (χ1v) is 6.24. The number of anilines is 1. The second-order valence-corrected chi connectivity index (χ2v) is 3.96. The zero-order valence-electron chi connectivity index (χ0n) is 9.67. The van der Waals surface area contributed by atoms with Gasteiger partial charge in [-0.25, -0.2) is 0 Å². The van der Waals surface area contributed by atoms with Crippen molar-refractivity contribution >= 4 is 17.3 Å². The molecule has 0 aliphatic carbocycles. The third-order valence-corrected chi connectivity index (χ3v) is 2.76. The summed E-state index contributed by atoms with van der Waals surface area (Å²) in [4.78, 5) is 2.41. The Balaban J connectivity index is 0.000000531. The van der Waals surface area contributed by atoms with E-state index in [1.807, 2.05) is 32.0 Å². The summed E-state index contributed by atoms with van der Waals surface area (Å²) in [5.74, 6) is 0. The lowest BCUT2D eigenvalue weighted by atomic mass is 10.1. The minimum Gasteiger partial charge on any atom is -0.371 e. The van der Waals surface area contributed by atoms with Crippen LogP contribution >= 0.6 is 11.6 Å². The quantitative estimate of drug-likeness (QED) is 0.687. The van der Waals surface area contributed by atoms with Gasteiger partial charge < -0.3 is 4.90 Å². The molecule has 1 aromatic rings. The molecular formula is C13H20ClN. The number of piperidine rings is 1. The molecule has 0 spiro atoms. The Morgan fingerprint density at radius 1 is 1.07 bits per heavy atom. The van der Waals surface area contributed by atoms with Gasteiger partial charge in [0.05, 0.1) is 0 Å². The Morgan fingerprint density at radius 3 is 2.33 bits per heavy atom. The van der Waals surface area contributed by atoms with Crippen molar-refractivity contribution in [2.45, 2.75) is 33.1 Å². The van der Waals surface area contributed by atoms with E-state index >= 15 is 0 Å². The van der Waals surface area contributed by atoms with Crippen LogP contribution in [-0.4, -0.2) is 13.1 Å². The average Bonchev–Trinajstić information content (AvgIpc) is 2.33. The van der Waals surface area contributed by atoms with Crippen molar-refractivity contribution in [1.29, 1.82) is 0 Å². The van der Waals surface area contributed by atoms with Crippen LogP contribution in [0.4, 0.5) is 5.69 Å². The molecule has 84 valence electrons. The van der Waals surface area contributed by atoms with Crippen LogP contribution in [0, 0.1) is 0 Å². The van der Waals surface area contributed by atoms with Gasteiger partial charge in [-0.15, -0.1) is 0 Å². The van der Waals surface area contributed by atoms with Gasteiger partial charge in [-0.1, -0.05) is 31.5 Å². The zero-order chi connectivity index (χ0) is 11.1. The Morgan fingerprint density at radius 2 is 1.73 bits per heavy atom. The van der Waals surface area contributed by atoms with E-state index < -0.39 is 0 Å². The number of nitrogens with zero attached hydrogens (tertiary/aromatic N) is 1. The molecule has 0 bridgehead atoms. The van der Waals surface area contributed by atoms with Crippen molar-refractivity contribution in [3.05, 3.63) is 29.3 Å². The molecule has 0 radical (unpaired) electrons. The van der Waals surface area contributed by atoms with E-state index in [1.54, 1.807) is 0 Å². The molecule has 1 fully saturated rings. The van der Waals surface area contributed by atoms with Crippen LogP contribution in [0.2, 0.25) is 5.02 Å². The van der Waals surface area contributed by atoms with Crippen molar-refractivity contribution in [1.82, 2.24) is 0 Å². The first kappa shape index (κ1) is 12.4. The van der Waals surface area contributed by atoms with E-state index in [9.17, 15) is 0 Å². The smallest absolute Gasteiger partial charge is 0.0426 e. The lowest BCUT2D eigenvalue weighted by Crippen LogP contribution is -2.29. The summed E-state index contributed by atoms with van der Waals surface area (Å²) in [6.45, 7) is 6.36. The SMILES string of the molecule is CC.Clc1cccc(N2CCCCC2)c1. The lowest BCUT2D eigenvalue weighted by Gasteiger charge is -2.28. The molecule has 1 aliphatic rings. The molecule has 0 saturated carbocycles. The van der Waals surface area contributed by atoms with Crippen molar-refractivity contribution < 1.29 is 0 Å². The molecule has 0 N–H and O–H groups in total. The van der Waals surface area contributed by atoms with Crippen LogP contribution in [0.5, 0.6) is 0 Å². The van der Waals surface area contributed by atoms with Crippen LogP contribution in [-0.2, 0) is 0 Å². The molecule has 1 nitrogen and oxygen atoms in total. The predicted molar refractivity (Wildman–Crippen MR) is 68.9 cm³/mol. The highest BCUT2D eigenvalue weighted by Crippen LogP contribution is 2.22. The van der Waals surface area contributed by atoms with Gasteiger partial charge in [0.2, 0.25) is 0 Å². The van der Waals surface area contributed by atoms with E-state index in [0.717, 1.165) is 5.02 Å². The van der Waals surface area contributed by atoms with Gasteiger partial charge in [-0.2, -0.15) is 0 Å². The lowest BCUT2D eigenvalue weighted by molar-refractivity contribution is 0.578. The Hall–Kier alpha value is -0.690. The van der Waals surface area contributed by atoms with Crippen LogP contribution in [0.1, 0.15) is 33.1 Å². The highest BCUT2D eigenvalue weighted by Gasteiger charge is 2.10. The molecule has 2 rings (SSSR count). The fourth-order valence-corrected chi connectivity index (χ4v) is 2.01. The predicted octanol–water partition coefficient (Wildman–Crippen LogP) is 4.36. The summed E-state index contributed by atoms with van der Waals surface area (Å²) < 4.78 is 0. The van der Waals surface area contributed by atoms with Crippen molar-refractivity contribution in [2.24, 2.45) is 0 Å². The average molecular weight is 226 g/mol. The van der Waals surface area contributed by atoms with Gasteiger partial charge in [-0.3, -0.25) is 0 Å². The number of hydrogen-bond donors (Lipinski definition) is 0. The molecule has 0 aromatic heterocycles. The maximum Gasteiger partial charge on any atom is 0.0426 e. The van der Waals surface area contributed by atoms with Gasteiger partial charge in [0.1, 0.15) is 0 Å². The van der Waals surface area contributed by atoms with E-state index in [4.69, 9.17) is 11.6 Å². The summed E-state index contributed by atoms with van der Waals surface area (Å²) in [5.41, 5.74) is 1.27. The van der Waals surface area contributed by atoms with Crippen LogP contribution in [0.25, 0.3) is 0 Å². The second-order valence-electron chi connectivity index (χ2n) is 3.53. The van der Waals surface area contributed by atoms with E-state index in [-0.39, 0.29) is 0 Å². The zero-order valence-corrected chi connectivity index (χ0v) is 10.4. The Kier molecular flexibility index (Phi) is 5.56. The van der Waals surface area contributed by atoms with Gasteiger partial charge in [0, 0.05) is 23.8 Å². The minimum absolute atomic E-state index is 0.836. The molecule has 0 atom stereocenters. The fourth-order valence-electron chi connectivity index (χ4n) is 1.82. The molecule has 1 aromatic carbocycles. The molecular weight excluding hydrogens is 206 g/mol. The number of halogens is 1. The summed E-state index contributed by atoms with van der Waals surface area (Å²) in [6, 6.07) is 8.13. The van der Waals surface area contributed by atoms with Crippen LogP contribution < -0.4 is 4.90 Å². The topological polar surface area (TPSA) is 3.24 Å². The summed E-state index contributed by atoms with van der Waals surface area (Å²) in [5, 5.41) is 0.836. The minimum atomic E-state index is 0.836. The van der Waals surface area contributed by atoms with E-state index in [0.29, 0.717) is 0 Å². The van der Waals surface area contributed by atoms with Gasteiger partial charge in [0.15, 0.2) is 0 Å². The summed E-state index contributed by atoms with van der Waals surface area (Å²) in [7, 11) is 0. The van der Waals surface area contributed by atoms with Gasteiger partial charge in [-0.05, 0) is 37.5 Å². The van der Waals surface area contributed by atoms with Crippen LogP contribution in [0.3, 0.4) is 0 Å². The van der Waals surface area contributed by atoms with Crippen molar-refractivity contribution in [3.63, 3.8) is 0 Å².